The molecular formula is C14H23N3O4S. The zero-order chi connectivity index (χ0) is 16.6. The van der Waals surface area contributed by atoms with E-state index in [4.69, 9.17) is 4.74 Å². The van der Waals surface area contributed by atoms with E-state index in [-0.39, 0.29) is 12.5 Å². The van der Waals surface area contributed by atoms with Gasteiger partial charge in [-0.1, -0.05) is 18.2 Å². The number of carbonyl (C=O) groups is 1. The maximum absolute atomic E-state index is 12.4. The molecule has 124 valence electrons. The van der Waals surface area contributed by atoms with Crippen LogP contribution in [0, 0.1) is 0 Å². The average molecular weight is 329 g/mol. The summed E-state index contributed by atoms with van der Waals surface area (Å²) in [6.07, 6.45) is 0.675. The number of nitrogens with one attached hydrogen (secondary N) is 1. The maximum Gasteiger partial charge on any atom is 0.304 e. The molecule has 0 aliphatic heterocycles. The molecular weight excluding hydrogens is 306 g/mol. The monoisotopic (exact) mass is 329 g/mol. The number of benzene rings is 1. The number of methoxy groups -OCH3 is 1. The first-order chi connectivity index (χ1) is 10.4. The lowest BCUT2D eigenvalue weighted by Crippen LogP contribution is -2.46. The number of carbonyl (C=O) groups excluding carboxylic acids is 1. The van der Waals surface area contributed by atoms with Crippen LogP contribution in [0.2, 0.25) is 0 Å². The summed E-state index contributed by atoms with van der Waals surface area (Å²) in [7, 11) is 0.709. The summed E-state index contributed by atoms with van der Waals surface area (Å²) in [5.74, 6) is -0.356. The van der Waals surface area contributed by atoms with Crippen LogP contribution < -0.4 is 9.62 Å². The zero-order valence-electron chi connectivity index (χ0n) is 13.2. The molecule has 0 saturated heterocycles. The van der Waals surface area contributed by atoms with Crippen molar-refractivity contribution in [3.8, 4) is 0 Å². The van der Waals surface area contributed by atoms with Gasteiger partial charge in [0.2, 0.25) is 5.91 Å². The Hall–Kier alpha value is -1.64. The Kier molecular flexibility index (Phi) is 7.30. The van der Waals surface area contributed by atoms with Gasteiger partial charge < -0.3 is 10.1 Å². The van der Waals surface area contributed by atoms with Crippen molar-refractivity contribution in [3.63, 3.8) is 0 Å². The fourth-order valence-corrected chi connectivity index (χ4v) is 2.79. The average Bonchev–Trinajstić information content (AvgIpc) is 2.49. The van der Waals surface area contributed by atoms with Gasteiger partial charge in [0.1, 0.15) is 6.54 Å². The number of hydrogen-bond acceptors (Lipinski definition) is 4. The van der Waals surface area contributed by atoms with Gasteiger partial charge in [-0.3, -0.25) is 4.79 Å². The largest absolute Gasteiger partial charge is 0.385 e. The number of nitrogens with zero attached hydrogens (tertiary/aromatic N) is 2. The van der Waals surface area contributed by atoms with Crippen LogP contribution in [0.25, 0.3) is 0 Å². The number of rotatable bonds is 9. The molecule has 0 radical (unpaired) electrons. The SMILES string of the molecule is COCCCNC(=O)CN(c1ccccc1)S(=O)(=O)N(C)C. The van der Waals surface area contributed by atoms with E-state index in [0.717, 1.165) is 8.61 Å². The van der Waals surface area contributed by atoms with Gasteiger partial charge in [0.15, 0.2) is 0 Å². The first-order valence-corrected chi connectivity index (χ1v) is 8.30. The second kappa shape index (κ2) is 8.72. The lowest BCUT2D eigenvalue weighted by Gasteiger charge is -2.26. The van der Waals surface area contributed by atoms with Gasteiger partial charge in [0, 0.05) is 34.4 Å². The summed E-state index contributed by atoms with van der Waals surface area (Å²) < 4.78 is 31.8. The van der Waals surface area contributed by atoms with Crippen LogP contribution in [0.1, 0.15) is 6.42 Å². The molecule has 0 aliphatic carbocycles. The Balaban J connectivity index is 2.82. The topological polar surface area (TPSA) is 79.0 Å². The Morgan fingerprint density at radius 1 is 1.23 bits per heavy atom. The summed E-state index contributed by atoms with van der Waals surface area (Å²) in [6.45, 7) is 0.716. The third-order valence-corrected chi connectivity index (χ3v) is 4.74. The maximum atomic E-state index is 12.4. The third kappa shape index (κ3) is 5.28. The highest BCUT2D eigenvalue weighted by Crippen LogP contribution is 2.18. The molecule has 1 amide bonds. The van der Waals surface area contributed by atoms with E-state index in [9.17, 15) is 13.2 Å². The number of amides is 1. The minimum Gasteiger partial charge on any atom is -0.385 e. The quantitative estimate of drug-likeness (QED) is 0.667. The summed E-state index contributed by atoms with van der Waals surface area (Å²) in [5, 5.41) is 2.69. The van der Waals surface area contributed by atoms with E-state index < -0.39 is 10.2 Å². The second-order valence-electron chi connectivity index (χ2n) is 4.83. The highest BCUT2D eigenvalue weighted by Gasteiger charge is 2.26. The Morgan fingerprint density at radius 2 is 1.86 bits per heavy atom. The van der Waals surface area contributed by atoms with E-state index in [0.29, 0.717) is 25.3 Å². The fourth-order valence-electron chi connectivity index (χ4n) is 1.73. The van der Waals surface area contributed by atoms with Crippen molar-refractivity contribution in [2.45, 2.75) is 6.42 Å². The van der Waals surface area contributed by atoms with Crippen LogP contribution in [0.4, 0.5) is 5.69 Å². The van der Waals surface area contributed by atoms with E-state index in [1.165, 1.54) is 14.1 Å². The molecule has 0 aliphatic rings. The van der Waals surface area contributed by atoms with Gasteiger partial charge in [-0.25, -0.2) is 4.31 Å². The number of hydrogen-bond donors (Lipinski definition) is 1. The predicted octanol–water partition coefficient (Wildman–Crippen LogP) is 0.452. The number of ether oxygens (including phenoxy) is 1. The first kappa shape index (κ1) is 18.4. The van der Waals surface area contributed by atoms with Crippen LogP contribution >= 0.6 is 0 Å². The molecule has 1 aromatic rings. The van der Waals surface area contributed by atoms with Crippen molar-refractivity contribution in [2.24, 2.45) is 0 Å². The van der Waals surface area contributed by atoms with Gasteiger partial charge in [-0.2, -0.15) is 12.7 Å². The lowest BCUT2D eigenvalue weighted by molar-refractivity contribution is -0.119. The first-order valence-electron chi connectivity index (χ1n) is 6.90. The second-order valence-corrected chi connectivity index (χ2v) is 6.90. The molecule has 8 heteroatoms. The van der Waals surface area contributed by atoms with Crippen LogP contribution in [-0.2, 0) is 19.7 Å². The molecule has 0 spiro atoms. The molecule has 22 heavy (non-hydrogen) atoms. The molecule has 0 aromatic heterocycles. The molecule has 1 rings (SSSR count). The van der Waals surface area contributed by atoms with E-state index in [2.05, 4.69) is 5.32 Å². The van der Waals surface area contributed by atoms with Crippen molar-refractivity contribution in [2.75, 3.05) is 45.2 Å². The molecule has 0 saturated carbocycles. The van der Waals surface area contributed by atoms with Crippen molar-refractivity contribution in [1.82, 2.24) is 9.62 Å². The lowest BCUT2D eigenvalue weighted by atomic mass is 10.3. The highest BCUT2D eigenvalue weighted by atomic mass is 32.2. The van der Waals surface area contributed by atoms with Crippen LogP contribution in [0.3, 0.4) is 0 Å². The minimum absolute atomic E-state index is 0.266. The molecule has 0 fully saturated rings. The van der Waals surface area contributed by atoms with Gasteiger partial charge in [0.05, 0.1) is 5.69 Å². The molecule has 0 atom stereocenters. The van der Waals surface area contributed by atoms with Gasteiger partial charge in [-0.15, -0.1) is 0 Å². The van der Waals surface area contributed by atoms with Crippen LogP contribution in [-0.4, -0.2) is 59.5 Å². The van der Waals surface area contributed by atoms with Gasteiger partial charge >= 0.3 is 10.2 Å². The van der Waals surface area contributed by atoms with Crippen molar-refractivity contribution >= 4 is 21.8 Å². The predicted molar refractivity (Wildman–Crippen MR) is 85.9 cm³/mol. The zero-order valence-corrected chi connectivity index (χ0v) is 14.0. The molecule has 1 N–H and O–H groups in total. The Bertz CT molecular complexity index is 561. The number of anilines is 1. The van der Waals surface area contributed by atoms with Crippen molar-refractivity contribution in [3.05, 3.63) is 30.3 Å². The minimum atomic E-state index is -3.74. The molecule has 0 unspecified atom stereocenters. The summed E-state index contributed by atoms with van der Waals surface area (Å²) in [4.78, 5) is 12.0. The number of para-hydroxylation sites is 1. The third-order valence-electron chi connectivity index (χ3n) is 2.92. The molecule has 0 bridgehead atoms. The van der Waals surface area contributed by atoms with Gasteiger partial charge in [-0.05, 0) is 18.6 Å². The van der Waals surface area contributed by atoms with Crippen LogP contribution in [0.15, 0.2) is 30.3 Å². The van der Waals surface area contributed by atoms with E-state index in [1.54, 1.807) is 37.4 Å². The standard InChI is InChI=1S/C14H23N3O4S/c1-16(2)22(19,20)17(13-8-5-4-6-9-13)12-14(18)15-10-7-11-21-3/h4-6,8-9H,7,10-12H2,1-3H3,(H,15,18). The smallest absolute Gasteiger partial charge is 0.304 e. The van der Waals surface area contributed by atoms with E-state index in [1.807, 2.05) is 0 Å². The summed E-state index contributed by atoms with van der Waals surface area (Å²) in [6, 6.07) is 8.54. The van der Waals surface area contributed by atoms with Crippen LogP contribution in [0.5, 0.6) is 0 Å². The van der Waals surface area contributed by atoms with Gasteiger partial charge in [0.25, 0.3) is 0 Å². The summed E-state index contributed by atoms with van der Waals surface area (Å²) >= 11 is 0. The fraction of sp³-hybridized carbons (Fsp3) is 0.500. The Morgan fingerprint density at radius 3 is 2.41 bits per heavy atom. The van der Waals surface area contributed by atoms with Crippen molar-refractivity contribution < 1.29 is 17.9 Å². The van der Waals surface area contributed by atoms with Crippen molar-refractivity contribution in [1.29, 1.82) is 0 Å². The summed E-state index contributed by atoms with van der Waals surface area (Å²) in [5.41, 5.74) is 0.447. The normalized spacial score (nSPS) is 11.5. The molecule has 1 aromatic carbocycles. The Labute approximate surface area is 132 Å². The highest BCUT2D eigenvalue weighted by molar-refractivity contribution is 7.90. The molecule has 7 nitrogen and oxygen atoms in total. The molecule has 0 heterocycles. The van der Waals surface area contributed by atoms with E-state index >= 15 is 0 Å².